The van der Waals surface area contributed by atoms with E-state index in [9.17, 15) is 9.18 Å². The summed E-state index contributed by atoms with van der Waals surface area (Å²) >= 11 is 0. The standard InChI is InChI=1S/C19H16FN2O/c1-14-4-2-3-5-17(14)18-10-11-22(13-21-18)12-19(23)15-6-8-16(20)9-7-15/h2-11,13H,12H2,1H3/q+1. The molecule has 0 saturated carbocycles. The van der Waals surface area contributed by atoms with Gasteiger partial charge in [0.25, 0.3) is 6.33 Å². The molecule has 114 valence electrons. The summed E-state index contributed by atoms with van der Waals surface area (Å²) in [5.74, 6) is -0.432. The number of nitrogens with zero attached hydrogens (tertiary/aromatic N) is 2. The molecule has 0 unspecified atom stereocenters. The Labute approximate surface area is 134 Å². The third kappa shape index (κ3) is 3.48. The van der Waals surface area contributed by atoms with Crippen LogP contribution in [0.1, 0.15) is 15.9 Å². The second-order valence-electron chi connectivity index (χ2n) is 5.36. The zero-order valence-electron chi connectivity index (χ0n) is 12.7. The number of benzene rings is 2. The molecule has 0 aliphatic heterocycles. The van der Waals surface area contributed by atoms with E-state index >= 15 is 0 Å². The third-order valence-electron chi connectivity index (χ3n) is 3.68. The molecule has 1 aromatic heterocycles. The zero-order valence-corrected chi connectivity index (χ0v) is 12.7. The molecular formula is C19H16FN2O+. The molecule has 3 rings (SSSR count). The summed E-state index contributed by atoms with van der Waals surface area (Å²) in [6.07, 6.45) is 3.47. The molecule has 0 fully saturated rings. The molecule has 1 heterocycles. The number of rotatable bonds is 4. The summed E-state index contributed by atoms with van der Waals surface area (Å²) in [7, 11) is 0. The highest BCUT2D eigenvalue weighted by Gasteiger charge is 2.12. The van der Waals surface area contributed by atoms with Gasteiger partial charge in [-0.25, -0.2) is 8.96 Å². The molecular weight excluding hydrogens is 291 g/mol. The molecule has 0 amide bonds. The number of hydrogen-bond acceptors (Lipinski definition) is 2. The number of carbonyl (C=O) groups is 1. The fourth-order valence-electron chi connectivity index (χ4n) is 2.39. The molecule has 0 N–H and O–H groups in total. The lowest BCUT2D eigenvalue weighted by Gasteiger charge is -2.02. The van der Waals surface area contributed by atoms with Crippen LogP contribution in [0.5, 0.6) is 0 Å². The van der Waals surface area contributed by atoms with Gasteiger partial charge >= 0.3 is 0 Å². The van der Waals surface area contributed by atoms with E-state index in [-0.39, 0.29) is 18.1 Å². The van der Waals surface area contributed by atoms with Crippen LogP contribution < -0.4 is 4.57 Å². The smallest absolute Gasteiger partial charge is 0.287 e. The molecule has 2 aromatic carbocycles. The number of aryl methyl sites for hydroxylation is 1. The average molecular weight is 307 g/mol. The first kappa shape index (κ1) is 15.0. The lowest BCUT2D eigenvalue weighted by Crippen LogP contribution is -2.37. The van der Waals surface area contributed by atoms with Gasteiger partial charge < -0.3 is 0 Å². The van der Waals surface area contributed by atoms with Crippen LogP contribution in [0, 0.1) is 12.7 Å². The van der Waals surface area contributed by atoms with Gasteiger partial charge in [0.15, 0.2) is 12.2 Å². The third-order valence-corrected chi connectivity index (χ3v) is 3.68. The van der Waals surface area contributed by atoms with Crippen LogP contribution in [0.25, 0.3) is 11.3 Å². The van der Waals surface area contributed by atoms with Crippen molar-refractivity contribution in [2.75, 3.05) is 0 Å². The van der Waals surface area contributed by atoms with Gasteiger partial charge in [-0.3, -0.25) is 4.79 Å². The van der Waals surface area contributed by atoms with Crippen LogP contribution in [-0.2, 0) is 6.54 Å². The minimum atomic E-state index is -0.349. The first-order valence-electron chi connectivity index (χ1n) is 7.33. The highest BCUT2D eigenvalue weighted by atomic mass is 19.1. The van der Waals surface area contributed by atoms with Gasteiger partial charge in [-0.05, 0) is 41.7 Å². The van der Waals surface area contributed by atoms with Crippen LogP contribution in [0.4, 0.5) is 4.39 Å². The zero-order chi connectivity index (χ0) is 16.2. The van der Waals surface area contributed by atoms with Gasteiger partial charge in [-0.15, -0.1) is 0 Å². The molecule has 0 aliphatic carbocycles. The second kappa shape index (κ2) is 6.48. The Bertz CT molecular complexity index is 827. The largest absolute Gasteiger partial charge is 0.290 e. The van der Waals surface area contributed by atoms with E-state index in [0.29, 0.717) is 5.56 Å². The summed E-state index contributed by atoms with van der Waals surface area (Å²) < 4.78 is 14.6. The molecule has 3 aromatic rings. The van der Waals surface area contributed by atoms with Crippen molar-refractivity contribution in [2.45, 2.75) is 13.5 Å². The summed E-state index contributed by atoms with van der Waals surface area (Å²) in [4.78, 5) is 16.6. The van der Waals surface area contributed by atoms with Crippen molar-refractivity contribution in [3.63, 3.8) is 0 Å². The maximum Gasteiger partial charge on any atom is 0.287 e. The fraction of sp³-hybridized carbons (Fsp3) is 0.105. The predicted molar refractivity (Wildman–Crippen MR) is 85.3 cm³/mol. The highest BCUT2D eigenvalue weighted by molar-refractivity contribution is 5.94. The highest BCUT2D eigenvalue weighted by Crippen LogP contribution is 2.19. The van der Waals surface area contributed by atoms with Crippen LogP contribution in [0.3, 0.4) is 0 Å². The van der Waals surface area contributed by atoms with Gasteiger partial charge in [0.1, 0.15) is 5.82 Å². The van der Waals surface area contributed by atoms with Crippen LogP contribution in [-0.4, -0.2) is 10.8 Å². The minimum Gasteiger partial charge on any atom is -0.290 e. The monoisotopic (exact) mass is 307 g/mol. The van der Waals surface area contributed by atoms with Crippen molar-refractivity contribution >= 4 is 5.78 Å². The number of hydrogen-bond donors (Lipinski definition) is 0. The van der Waals surface area contributed by atoms with Gasteiger partial charge in [0, 0.05) is 17.2 Å². The van der Waals surface area contributed by atoms with E-state index in [1.807, 2.05) is 43.5 Å². The molecule has 0 aliphatic rings. The van der Waals surface area contributed by atoms with Gasteiger partial charge in [0.2, 0.25) is 5.78 Å². The van der Waals surface area contributed by atoms with Crippen molar-refractivity contribution in [3.8, 4) is 11.3 Å². The van der Waals surface area contributed by atoms with Gasteiger partial charge in [0.05, 0.1) is 6.20 Å². The molecule has 0 radical (unpaired) electrons. The van der Waals surface area contributed by atoms with Crippen molar-refractivity contribution in [3.05, 3.63) is 84.1 Å². The second-order valence-corrected chi connectivity index (χ2v) is 5.36. The van der Waals surface area contributed by atoms with E-state index in [1.54, 1.807) is 10.9 Å². The molecule has 0 saturated heterocycles. The average Bonchev–Trinajstić information content (AvgIpc) is 2.57. The van der Waals surface area contributed by atoms with Gasteiger partial charge in [-0.2, -0.15) is 0 Å². The Morgan fingerprint density at radius 1 is 1.09 bits per heavy atom. The topological polar surface area (TPSA) is 33.8 Å². The van der Waals surface area contributed by atoms with Crippen molar-refractivity contribution in [1.82, 2.24) is 4.98 Å². The van der Waals surface area contributed by atoms with E-state index < -0.39 is 0 Å². The van der Waals surface area contributed by atoms with Crippen LogP contribution in [0.15, 0.2) is 67.1 Å². The van der Waals surface area contributed by atoms with E-state index in [2.05, 4.69) is 4.98 Å². The Balaban J connectivity index is 1.76. The predicted octanol–water partition coefficient (Wildman–Crippen LogP) is 3.37. The molecule has 0 spiro atoms. The Kier molecular flexibility index (Phi) is 4.24. The maximum absolute atomic E-state index is 12.9. The first-order chi connectivity index (χ1) is 11.1. The van der Waals surface area contributed by atoms with Gasteiger partial charge in [-0.1, -0.05) is 24.3 Å². The molecule has 23 heavy (non-hydrogen) atoms. The minimum absolute atomic E-state index is 0.0829. The number of Topliss-reactive ketones (excluding diaryl/α,β-unsaturated/α-hetero) is 1. The van der Waals surface area contributed by atoms with Crippen LogP contribution >= 0.6 is 0 Å². The van der Waals surface area contributed by atoms with Crippen molar-refractivity contribution in [1.29, 1.82) is 0 Å². The van der Waals surface area contributed by atoms with Crippen molar-refractivity contribution in [2.24, 2.45) is 0 Å². The quantitative estimate of drug-likeness (QED) is 0.547. The summed E-state index contributed by atoms with van der Waals surface area (Å²) in [5, 5.41) is 0. The molecule has 0 bridgehead atoms. The Morgan fingerprint density at radius 3 is 2.48 bits per heavy atom. The van der Waals surface area contributed by atoms with Crippen molar-refractivity contribution < 1.29 is 13.8 Å². The molecule has 3 nitrogen and oxygen atoms in total. The normalized spacial score (nSPS) is 10.5. The summed E-state index contributed by atoms with van der Waals surface area (Å²) in [6, 6.07) is 15.5. The van der Waals surface area contributed by atoms with E-state index in [4.69, 9.17) is 0 Å². The van der Waals surface area contributed by atoms with Crippen LogP contribution in [0.2, 0.25) is 0 Å². The molecule has 4 heteroatoms. The number of ketones is 1. The maximum atomic E-state index is 12.9. The van der Waals surface area contributed by atoms with E-state index in [0.717, 1.165) is 16.8 Å². The Morgan fingerprint density at radius 2 is 1.83 bits per heavy atom. The van der Waals surface area contributed by atoms with E-state index in [1.165, 1.54) is 24.3 Å². The number of carbonyl (C=O) groups excluding carboxylic acids is 1. The summed E-state index contributed by atoms with van der Waals surface area (Å²) in [5.41, 5.74) is 3.58. The lowest BCUT2D eigenvalue weighted by molar-refractivity contribution is -0.686. The fourth-order valence-corrected chi connectivity index (χ4v) is 2.39. The lowest BCUT2D eigenvalue weighted by atomic mass is 10.1. The summed E-state index contributed by atoms with van der Waals surface area (Å²) in [6.45, 7) is 2.21. The number of aromatic nitrogens is 2. The SMILES string of the molecule is Cc1ccccc1-c1cc[n+](CC(=O)c2ccc(F)cc2)cn1. The first-order valence-corrected chi connectivity index (χ1v) is 7.33. The Hall–Kier alpha value is -2.88. The molecule has 0 atom stereocenters. The number of halogens is 1.